The van der Waals surface area contributed by atoms with Crippen molar-refractivity contribution in [3.63, 3.8) is 0 Å². The van der Waals surface area contributed by atoms with Gasteiger partial charge in [-0.2, -0.15) is 0 Å². The Hall–Kier alpha value is -0.370. The topological polar surface area (TPSA) is 26.3 Å². The molecule has 64 valence electrons. The minimum Gasteiger partial charge on any atom is -0.367 e. The molecule has 1 rings (SSSR count). The summed E-state index contributed by atoms with van der Waals surface area (Å²) in [7, 11) is 0. The van der Waals surface area contributed by atoms with Gasteiger partial charge in [0.05, 0.1) is 6.10 Å². The number of ketones is 1. The maximum atomic E-state index is 11.0. The third kappa shape index (κ3) is 1.45. The molecule has 0 aromatic rings. The summed E-state index contributed by atoms with van der Waals surface area (Å²) in [5, 5.41) is 0. The van der Waals surface area contributed by atoms with Crippen LogP contribution in [-0.2, 0) is 9.53 Å². The molecule has 0 aromatic carbocycles. The monoisotopic (exact) mass is 156 g/mol. The van der Waals surface area contributed by atoms with Crippen LogP contribution in [0.5, 0.6) is 0 Å². The minimum absolute atomic E-state index is 0.153. The second-order valence-electron chi connectivity index (χ2n) is 3.59. The second-order valence-corrected chi connectivity index (χ2v) is 3.59. The average molecular weight is 156 g/mol. The summed E-state index contributed by atoms with van der Waals surface area (Å²) in [5.74, 6) is 1.04. The van der Waals surface area contributed by atoms with E-state index in [4.69, 9.17) is 4.74 Å². The number of carbonyl (C=O) groups is 1. The number of carbonyl (C=O) groups excluding carboxylic acids is 1. The number of Topliss-reactive ketones (excluding diaryl/α,β-unsaturated/α-hetero) is 1. The second kappa shape index (κ2) is 2.94. The Kier molecular flexibility index (Phi) is 2.33. The summed E-state index contributed by atoms with van der Waals surface area (Å²) in [6.07, 6.45) is 0.0823. The van der Waals surface area contributed by atoms with Crippen LogP contribution in [0.3, 0.4) is 0 Å². The number of ether oxygens (including phenoxy) is 1. The highest BCUT2D eigenvalue weighted by atomic mass is 16.5. The van der Waals surface area contributed by atoms with E-state index in [2.05, 4.69) is 13.8 Å². The number of hydrogen-bond acceptors (Lipinski definition) is 2. The Morgan fingerprint density at radius 1 is 1.18 bits per heavy atom. The molecule has 2 heteroatoms. The van der Waals surface area contributed by atoms with Crippen LogP contribution in [0.4, 0.5) is 0 Å². The number of hydrogen-bond donors (Lipinski definition) is 0. The lowest BCUT2D eigenvalue weighted by atomic mass is 9.90. The van der Waals surface area contributed by atoms with Gasteiger partial charge in [-0.1, -0.05) is 13.8 Å². The molecule has 11 heavy (non-hydrogen) atoms. The lowest BCUT2D eigenvalue weighted by Crippen LogP contribution is -2.23. The molecule has 1 aliphatic heterocycles. The normalized spacial score (nSPS) is 44.4. The molecule has 0 spiro atoms. The van der Waals surface area contributed by atoms with Gasteiger partial charge in [0.15, 0.2) is 5.78 Å². The maximum Gasteiger partial charge on any atom is 0.158 e. The summed E-state index contributed by atoms with van der Waals surface area (Å²) in [6, 6.07) is 0. The number of rotatable bonds is 1. The van der Waals surface area contributed by atoms with E-state index in [0.29, 0.717) is 11.8 Å². The molecular formula is C9H16O2. The van der Waals surface area contributed by atoms with Crippen molar-refractivity contribution in [1.29, 1.82) is 0 Å². The summed E-state index contributed by atoms with van der Waals surface area (Å²) < 4.78 is 5.50. The first-order valence-corrected chi connectivity index (χ1v) is 4.20. The molecule has 1 saturated heterocycles. The van der Waals surface area contributed by atoms with Crippen molar-refractivity contribution in [2.45, 2.75) is 39.9 Å². The van der Waals surface area contributed by atoms with Gasteiger partial charge in [-0.3, -0.25) is 4.79 Å². The fraction of sp³-hybridized carbons (Fsp3) is 0.889. The summed E-state index contributed by atoms with van der Waals surface area (Å²) >= 11 is 0. The van der Waals surface area contributed by atoms with Crippen molar-refractivity contribution in [3.05, 3.63) is 0 Å². The summed E-state index contributed by atoms with van der Waals surface area (Å²) in [5.41, 5.74) is 0. The Morgan fingerprint density at radius 2 is 1.73 bits per heavy atom. The highest BCUT2D eigenvalue weighted by Gasteiger charge is 2.38. The zero-order chi connectivity index (χ0) is 8.59. The van der Waals surface area contributed by atoms with Crippen LogP contribution in [0.1, 0.15) is 27.7 Å². The Labute approximate surface area is 67.9 Å². The zero-order valence-electron chi connectivity index (χ0n) is 7.63. The van der Waals surface area contributed by atoms with Gasteiger partial charge in [0.1, 0.15) is 6.10 Å². The minimum atomic E-state index is -0.153. The molecule has 0 N–H and O–H groups in total. The largest absolute Gasteiger partial charge is 0.367 e. The first-order chi connectivity index (χ1) is 5.04. The highest BCUT2D eigenvalue weighted by molar-refractivity contribution is 5.81. The summed E-state index contributed by atoms with van der Waals surface area (Å²) in [6.45, 7) is 7.86. The molecule has 0 aromatic heterocycles. The van der Waals surface area contributed by atoms with Crippen LogP contribution in [-0.4, -0.2) is 18.0 Å². The van der Waals surface area contributed by atoms with Gasteiger partial charge in [-0.05, 0) is 25.7 Å². The maximum absolute atomic E-state index is 11.0. The molecule has 1 aliphatic rings. The Morgan fingerprint density at radius 3 is 1.91 bits per heavy atom. The van der Waals surface area contributed by atoms with Gasteiger partial charge in [0.25, 0.3) is 0 Å². The lowest BCUT2D eigenvalue weighted by Gasteiger charge is -2.12. The molecule has 1 heterocycles. The smallest absolute Gasteiger partial charge is 0.158 e. The van der Waals surface area contributed by atoms with E-state index in [-0.39, 0.29) is 18.0 Å². The molecular weight excluding hydrogens is 140 g/mol. The molecule has 2 nitrogen and oxygen atoms in total. The Balaban J connectivity index is 2.67. The third-order valence-electron chi connectivity index (χ3n) is 2.81. The first-order valence-electron chi connectivity index (χ1n) is 4.20. The van der Waals surface area contributed by atoms with Gasteiger partial charge in [-0.15, -0.1) is 0 Å². The van der Waals surface area contributed by atoms with Crippen molar-refractivity contribution < 1.29 is 9.53 Å². The highest BCUT2D eigenvalue weighted by Crippen LogP contribution is 2.31. The van der Waals surface area contributed by atoms with E-state index in [0.717, 1.165) is 0 Å². The van der Waals surface area contributed by atoms with E-state index in [1.165, 1.54) is 0 Å². The van der Waals surface area contributed by atoms with Crippen LogP contribution < -0.4 is 0 Å². The first kappa shape index (κ1) is 8.72. The molecule has 0 radical (unpaired) electrons. The molecule has 1 fully saturated rings. The van der Waals surface area contributed by atoms with Crippen LogP contribution in [0, 0.1) is 11.8 Å². The fourth-order valence-corrected chi connectivity index (χ4v) is 1.65. The summed E-state index contributed by atoms with van der Waals surface area (Å²) in [4.78, 5) is 11.0. The van der Waals surface area contributed by atoms with Gasteiger partial charge in [0, 0.05) is 0 Å². The average Bonchev–Trinajstić information content (AvgIpc) is 2.17. The fourth-order valence-electron chi connectivity index (χ4n) is 1.65. The van der Waals surface area contributed by atoms with Crippen molar-refractivity contribution in [1.82, 2.24) is 0 Å². The predicted molar refractivity (Wildman–Crippen MR) is 43.3 cm³/mol. The van der Waals surface area contributed by atoms with Crippen LogP contribution in [0.25, 0.3) is 0 Å². The molecule has 0 amide bonds. The molecule has 0 aliphatic carbocycles. The van der Waals surface area contributed by atoms with Crippen molar-refractivity contribution in [2.24, 2.45) is 11.8 Å². The molecule has 0 bridgehead atoms. The van der Waals surface area contributed by atoms with Gasteiger partial charge in [0.2, 0.25) is 0 Å². The van der Waals surface area contributed by atoms with Gasteiger partial charge < -0.3 is 4.74 Å². The van der Waals surface area contributed by atoms with Gasteiger partial charge in [-0.25, -0.2) is 0 Å². The predicted octanol–water partition coefficient (Wildman–Crippen LogP) is 1.63. The van der Waals surface area contributed by atoms with Crippen molar-refractivity contribution in [2.75, 3.05) is 0 Å². The molecule has 4 atom stereocenters. The zero-order valence-corrected chi connectivity index (χ0v) is 7.63. The molecule has 0 saturated carbocycles. The third-order valence-corrected chi connectivity index (χ3v) is 2.81. The van der Waals surface area contributed by atoms with E-state index >= 15 is 0 Å². The molecule has 0 unspecified atom stereocenters. The Bertz CT molecular complexity index is 165. The van der Waals surface area contributed by atoms with E-state index in [9.17, 15) is 4.79 Å². The van der Waals surface area contributed by atoms with E-state index < -0.39 is 0 Å². The standard InChI is InChI=1S/C9H16O2/c1-5-6(2)9(7(3)10)11-8(5)4/h5-6,8-9H,1-4H3/t5-,6+,8+,9+/m1/s1. The van der Waals surface area contributed by atoms with Gasteiger partial charge >= 0.3 is 0 Å². The van der Waals surface area contributed by atoms with Crippen LogP contribution in [0.15, 0.2) is 0 Å². The van der Waals surface area contributed by atoms with Crippen molar-refractivity contribution >= 4 is 5.78 Å². The lowest BCUT2D eigenvalue weighted by molar-refractivity contribution is -0.128. The van der Waals surface area contributed by atoms with E-state index in [1.807, 2.05) is 6.92 Å². The van der Waals surface area contributed by atoms with E-state index in [1.54, 1.807) is 6.92 Å². The van der Waals surface area contributed by atoms with Crippen LogP contribution in [0.2, 0.25) is 0 Å². The van der Waals surface area contributed by atoms with Crippen LogP contribution >= 0.6 is 0 Å². The van der Waals surface area contributed by atoms with Crippen molar-refractivity contribution in [3.8, 4) is 0 Å². The quantitative estimate of drug-likeness (QED) is 0.577. The SMILES string of the molecule is CC(=O)[C@H]1O[C@@H](C)[C@H](C)[C@@H]1C.